The highest BCUT2D eigenvalue weighted by molar-refractivity contribution is 6.65. The zero-order valence-corrected chi connectivity index (χ0v) is 28.7. The minimum absolute atomic E-state index is 0.191. The summed E-state index contributed by atoms with van der Waals surface area (Å²) in [4.78, 5) is 65.9. The number of carbonyl (C=O) groups excluding carboxylic acids is 5. The minimum atomic E-state index is -4.70. The summed E-state index contributed by atoms with van der Waals surface area (Å²) in [6.07, 6.45) is -2.45. The van der Waals surface area contributed by atoms with Crippen LogP contribution in [0.15, 0.2) is 0 Å². The summed E-state index contributed by atoms with van der Waals surface area (Å²) < 4.78 is 17.1. The van der Waals surface area contributed by atoms with Gasteiger partial charge in [-0.05, 0) is 55.8 Å². The Balaban J connectivity index is 1.44. The second-order valence-corrected chi connectivity index (χ2v) is 16.5. The summed E-state index contributed by atoms with van der Waals surface area (Å²) in [6.45, 7) is 3.00. The Bertz CT molecular complexity index is 1540. The predicted octanol–water partition coefficient (Wildman–Crippen LogP) is -4.30. The van der Waals surface area contributed by atoms with Gasteiger partial charge in [-0.25, -0.2) is 4.79 Å². The molecule has 0 aromatic rings. The van der Waals surface area contributed by atoms with Crippen molar-refractivity contribution in [3.63, 3.8) is 0 Å². The molecule has 11 N–H and O–H groups in total. The lowest BCUT2D eigenvalue weighted by Gasteiger charge is -2.63. The number of ketones is 4. The normalized spacial score (nSPS) is 42.1. The smallest absolute Gasteiger partial charge is 0.391 e. The Morgan fingerprint density at radius 2 is 1.50 bits per heavy atom. The fourth-order valence-corrected chi connectivity index (χ4v) is 11.1. The second-order valence-electron chi connectivity index (χ2n) is 16.5. The zero-order chi connectivity index (χ0) is 39.0. The van der Waals surface area contributed by atoms with E-state index in [0.717, 1.165) is 19.3 Å². The first-order chi connectivity index (χ1) is 23.6. The van der Waals surface area contributed by atoms with Crippen LogP contribution < -0.4 is 0 Å². The third-order valence-corrected chi connectivity index (χ3v) is 13.3. The first-order valence-corrected chi connectivity index (χ1v) is 17.3. The van der Waals surface area contributed by atoms with E-state index in [9.17, 15) is 80.1 Å². The van der Waals surface area contributed by atoms with Crippen molar-refractivity contribution in [3.05, 3.63) is 0 Å². The minimum Gasteiger partial charge on any atom is -0.399 e. The molecular formula is C33H46O19. The highest BCUT2D eigenvalue weighted by atomic mass is 16.8. The molecule has 6 fully saturated rings. The van der Waals surface area contributed by atoms with Crippen LogP contribution in [0.3, 0.4) is 0 Å². The molecule has 292 valence electrons. The van der Waals surface area contributed by atoms with Crippen molar-refractivity contribution >= 4 is 29.1 Å². The number of rotatable bonds is 7. The van der Waals surface area contributed by atoms with Gasteiger partial charge < -0.3 is 70.4 Å². The van der Waals surface area contributed by atoms with Crippen LogP contribution in [0.25, 0.3) is 0 Å². The average Bonchev–Trinajstić information content (AvgIpc) is 3.50. The SMILES string of the molecule is CC12CC(=O)C(=O)C(=O)C1C(O)(O)CC1C2C(O)CC2(C)C1CC1OC(C3CCCCC3)OC12C(=O)C(O)(O)OC(=O)C(O)(C(C)(O)O)C(O)(O)O. The number of hydrogen-bond acceptors (Lipinski definition) is 19. The van der Waals surface area contributed by atoms with Gasteiger partial charge in [-0.1, -0.05) is 33.1 Å². The molecule has 6 rings (SSSR count). The monoisotopic (exact) mass is 746 g/mol. The molecule has 19 heteroatoms. The number of esters is 1. The van der Waals surface area contributed by atoms with E-state index in [1.807, 2.05) is 0 Å². The fraction of sp³-hybridized carbons (Fsp3) is 0.848. The highest BCUT2D eigenvalue weighted by Crippen LogP contribution is 2.71. The van der Waals surface area contributed by atoms with E-state index in [2.05, 4.69) is 4.74 Å². The van der Waals surface area contributed by atoms with Gasteiger partial charge in [-0.3, -0.25) is 19.2 Å². The Morgan fingerprint density at radius 1 is 0.904 bits per heavy atom. The maximum absolute atomic E-state index is 14.6. The Labute approximate surface area is 295 Å². The molecule has 5 aliphatic carbocycles. The van der Waals surface area contributed by atoms with E-state index in [-0.39, 0.29) is 19.3 Å². The van der Waals surface area contributed by atoms with E-state index >= 15 is 0 Å². The average molecular weight is 747 g/mol. The van der Waals surface area contributed by atoms with Crippen LogP contribution in [0.2, 0.25) is 0 Å². The van der Waals surface area contributed by atoms with Crippen molar-refractivity contribution in [2.45, 2.75) is 132 Å². The molecule has 11 unspecified atom stereocenters. The van der Waals surface area contributed by atoms with Gasteiger partial charge in [0.2, 0.25) is 17.4 Å². The van der Waals surface area contributed by atoms with Gasteiger partial charge >= 0.3 is 17.9 Å². The molecule has 0 aromatic carbocycles. The Hall–Kier alpha value is -2.37. The molecular weight excluding hydrogens is 700 g/mol. The van der Waals surface area contributed by atoms with Crippen LogP contribution in [-0.2, 0) is 38.2 Å². The standard InChI is InChI=1S/C33H46O19/c1-26-11-17(35)20(36)21(37)22(26)29(42,43)10-14-15-9-18-30(27(15,2)12-16(34)19(14)26,51-23(50-18)13-7-5-4-6-8-13)24(38)32(45,46)52-25(39)31(44,28(3,40)41)33(47,48)49/h13-16,18-19,22-23,34,40-49H,4-12H2,1-3H3. The van der Waals surface area contributed by atoms with Gasteiger partial charge in [0.05, 0.1) is 18.1 Å². The molecule has 11 atom stereocenters. The number of Topliss-reactive ketones (excluding diaryl/α,β-unsaturated/α-hetero) is 4. The molecule has 0 spiro atoms. The number of fused-ring (bicyclic) bond motifs is 7. The molecule has 0 aromatic heterocycles. The number of ether oxygens (including phenoxy) is 3. The van der Waals surface area contributed by atoms with Gasteiger partial charge in [-0.2, -0.15) is 0 Å². The van der Waals surface area contributed by atoms with E-state index < -0.39 is 136 Å². The van der Waals surface area contributed by atoms with Crippen molar-refractivity contribution in [1.82, 2.24) is 0 Å². The second kappa shape index (κ2) is 11.8. The van der Waals surface area contributed by atoms with E-state index in [4.69, 9.17) is 9.47 Å². The molecule has 6 aliphatic rings. The van der Waals surface area contributed by atoms with Crippen molar-refractivity contribution < 1.29 is 94.4 Å². The molecule has 19 nitrogen and oxygen atoms in total. The molecule has 0 radical (unpaired) electrons. The van der Waals surface area contributed by atoms with Crippen molar-refractivity contribution in [2.75, 3.05) is 0 Å². The predicted molar refractivity (Wildman–Crippen MR) is 161 cm³/mol. The van der Waals surface area contributed by atoms with E-state index in [0.29, 0.717) is 12.8 Å². The van der Waals surface area contributed by atoms with E-state index in [1.165, 1.54) is 13.8 Å². The lowest BCUT2D eigenvalue weighted by atomic mass is 9.42. The van der Waals surface area contributed by atoms with Crippen molar-refractivity contribution in [3.8, 4) is 0 Å². The number of aliphatic hydroxyl groups is 11. The summed E-state index contributed by atoms with van der Waals surface area (Å²) >= 11 is 0. The summed E-state index contributed by atoms with van der Waals surface area (Å²) in [6, 6.07) is 0. The maximum atomic E-state index is 14.6. The number of carbonyl (C=O) groups is 5. The highest BCUT2D eigenvalue weighted by Gasteiger charge is 2.81. The van der Waals surface area contributed by atoms with Crippen molar-refractivity contribution in [1.29, 1.82) is 0 Å². The molecule has 52 heavy (non-hydrogen) atoms. The van der Waals surface area contributed by atoms with Gasteiger partial charge in [0.1, 0.15) is 0 Å². The number of hydrogen-bond donors (Lipinski definition) is 11. The van der Waals surface area contributed by atoms with E-state index in [1.54, 1.807) is 0 Å². The topological polar surface area (TPSA) is 336 Å². The Kier molecular flexibility index (Phi) is 8.94. The van der Waals surface area contributed by atoms with Gasteiger partial charge in [0.25, 0.3) is 17.2 Å². The summed E-state index contributed by atoms with van der Waals surface area (Å²) in [5.74, 6) is -29.5. The van der Waals surface area contributed by atoms with Crippen LogP contribution in [-0.4, -0.2) is 138 Å². The maximum Gasteiger partial charge on any atom is 0.391 e. The summed E-state index contributed by atoms with van der Waals surface area (Å²) in [5, 5.41) is 116. The van der Waals surface area contributed by atoms with Gasteiger partial charge in [0, 0.05) is 24.2 Å². The third kappa shape index (κ3) is 5.16. The van der Waals surface area contributed by atoms with Crippen molar-refractivity contribution in [2.24, 2.45) is 40.4 Å². The van der Waals surface area contributed by atoms with Crippen LogP contribution in [0.5, 0.6) is 0 Å². The van der Waals surface area contributed by atoms with Crippen LogP contribution in [0.4, 0.5) is 0 Å². The number of aliphatic hydroxyl groups excluding tert-OH is 1. The Morgan fingerprint density at radius 3 is 2.06 bits per heavy atom. The van der Waals surface area contributed by atoms with Crippen LogP contribution in [0.1, 0.15) is 78.6 Å². The largest absolute Gasteiger partial charge is 0.399 e. The summed E-state index contributed by atoms with van der Waals surface area (Å²) in [5.41, 5.74) is -10.5. The first kappa shape index (κ1) is 39.3. The van der Waals surface area contributed by atoms with Crippen LogP contribution in [0, 0.1) is 40.4 Å². The fourth-order valence-electron chi connectivity index (χ4n) is 11.1. The molecule has 1 heterocycles. The third-order valence-electron chi connectivity index (χ3n) is 13.3. The summed E-state index contributed by atoms with van der Waals surface area (Å²) in [7, 11) is 0. The molecule has 0 bridgehead atoms. The van der Waals surface area contributed by atoms with Gasteiger partial charge in [-0.15, -0.1) is 0 Å². The zero-order valence-electron chi connectivity index (χ0n) is 28.7. The molecule has 5 saturated carbocycles. The first-order valence-electron chi connectivity index (χ1n) is 17.3. The quantitative estimate of drug-likeness (QED) is 0.0667. The molecule has 0 amide bonds. The van der Waals surface area contributed by atoms with Crippen LogP contribution >= 0.6 is 0 Å². The lowest BCUT2D eigenvalue weighted by Crippen LogP contribution is -2.74. The molecule has 1 aliphatic heterocycles. The molecule has 1 saturated heterocycles. The van der Waals surface area contributed by atoms with Gasteiger partial charge in [0.15, 0.2) is 17.7 Å². The lowest BCUT2D eigenvalue weighted by molar-refractivity contribution is -0.439.